The van der Waals surface area contributed by atoms with Crippen molar-refractivity contribution < 1.29 is 13.3 Å². The molecular formula is C13H20O3Si. The lowest BCUT2D eigenvalue weighted by atomic mass is 10.1. The molecule has 0 amide bonds. The molecule has 0 saturated carbocycles. The monoisotopic (exact) mass is 252 g/mol. The van der Waals surface area contributed by atoms with Gasteiger partial charge in [-0.15, -0.1) is 0 Å². The van der Waals surface area contributed by atoms with E-state index in [1.165, 1.54) is 5.56 Å². The molecule has 1 rings (SSSR count). The van der Waals surface area contributed by atoms with Gasteiger partial charge in [0.15, 0.2) is 0 Å². The highest BCUT2D eigenvalue weighted by Gasteiger charge is 2.33. The van der Waals surface area contributed by atoms with E-state index in [1.54, 1.807) is 21.3 Å². The maximum absolute atomic E-state index is 5.30. The van der Waals surface area contributed by atoms with Crippen LogP contribution < -0.4 is 0 Å². The van der Waals surface area contributed by atoms with Gasteiger partial charge >= 0.3 is 8.80 Å². The van der Waals surface area contributed by atoms with E-state index in [-0.39, 0.29) is 0 Å². The molecule has 0 bridgehead atoms. The van der Waals surface area contributed by atoms with Crippen LogP contribution in [0.4, 0.5) is 0 Å². The molecule has 0 aliphatic heterocycles. The molecule has 0 N–H and O–H groups in total. The lowest BCUT2D eigenvalue weighted by Gasteiger charge is -2.20. The molecule has 0 atom stereocenters. The molecule has 4 heteroatoms. The summed E-state index contributed by atoms with van der Waals surface area (Å²) in [6, 6.07) is 10.4. The lowest BCUT2D eigenvalue weighted by Crippen LogP contribution is -2.40. The van der Waals surface area contributed by atoms with Gasteiger partial charge in [0.1, 0.15) is 0 Å². The van der Waals surface area contributed by atoms with E-state index in [9.17, 15) is 0 Å². The molecule has 0 aromatic heterocycles. The zero-order chi connectivity index (χ0) is 12.6. The fraction of sp³-hybridized carbons (Fsp3) is 0.385. The van der Waals surface area contributed by atoms with Gasteiger partial charge in [-0.05, 0) is 24.1 Å². The predicted molar refractivity (Wildman–Crippen MR) is 70.7 cm³/mol. The molecule has 17 heavy (non-hydrogen) atoms. The summed E-state index contributed by atoms with van der Waals surface area (Å²) in [6.45, 7) is 0. The number of benzene rings is 1. The van der Waals surface area contributed by atoms with Crippen LogP contribution in [0.3, 0.4) is 0 Å². The van der Waals surface area contributed by atoms with E-state index in [4.69, 9.17) is 13.3 Å². The Morgan fingerprint density at radius 2 is 1.59 bits per heavy atom. The fourth-order valence-electron chi connectivity index (χ4n) is 1.58. The third-order valence-corrected chi connectivity index (χ3v) is 4.97. The second-order valence-corrected chi connectivity index (χ2v) is 6.41. The van der Waals surface area contributed by atoms with E-state index in [1.807, 2.05) is 11.8 Å². The predicted octanol–water partition coefficient (Wildman–Crippen LogP) is 2.59. The molecule has 0 unspecified atom stereocenters. The first kappa shape index (κ1) is 14.1. The second-order valence-electron chi connectivity index (χ2n) is 3.64. The molecular weight excluding hydrogens is 232 g/mol. The first-order valence-electron chi connectivity index (χ1n) is 5.63. The van der Waals surface area contributed by atoms with Crippen molar-refractivity contribution in [2.75, 3.05) is 21.3 Å². The molecule has 1 aromatic carbocycles. The quantitative estimate of drug-likeness (QED) is 0.698. The van der Waals surface area contributed by atoms with Crippen LogP contribution in [-0.2, 0) is 19.7 Å². The van der Waals surface area contributed by atoms with E-state index < -0.39 is 8.80 Å². The summed E-state index contributed by atoms with van der Waals surface area (Å²) in [4.78, 5) is 0. The average molecular weight is 252 g/mol. The maximum atomic E-state index is 5.30. The van der Waals surface area contributed by atoms with Crippen LogP contribution in [0.5, 0.6) is 0 Å². The molecule has 0 saturated heterocycles. The Morgan fingerprint density at radius 1 is 1.00 bits per heavy atom. The van der Waals surface area contributed by atoms with E-state index in [0.717, 1.165) is 12.8 Å². The Morgan fingerprint density at radius 3 is 2.12 bits per heavy atom. The number of rotatable bonds is 7. The average Bonchev–Trinajstić information content (AvgIpc) is 2.41. The molecule has 0 aliphatic carbocycles. The normalized spacial score (nSPS) is 12.2. The summed E-state index contributed by atoms with van der Waals surface area (Å²) in [5, 5.41) is 0. The largest absolute Gasteiger partial charge is 0.528 e. The summed E-state index contributed by atoms with van der Waals surface area (Å²) < 4.78 is 15.9. The highest BCUT2D eigenvalue weighted by atomic mass is 28.4. The summed E-state index contributed by atoms with van der Waals surface area (Å²) in [6.07, 6.45) is 4.03. The number of aryl methyl sites for hydroxylation is 1. The smallest absolute Gasteiger partial charge is 0.374 e. The van der Waals surface area contributed by atoms with Crippen molar-refractivity contribution in [1.29, 1.82) is 0 Å². The standard InChI is InChI=1S/C13H20O3Si/c1-14-17(15-2,16-3)12-8-7-11-13-9-5-4-6-10-13/h4-6,8-10,12H,7,11H2,1-3H3. The Balaban J connectivity index is 2.44. The van der Waals surface area contributed by atoms with Crippen molar-refractivity contribution in [3.05, 3.63) is 47.7 Å². The summed E-state index contributed by atoms with van der Waals surface area (Å²) in [5.74, 6) is 0. The highest BCUT2D eigenvalue weighted by molar-refractivity contribution is 6.66. The van der Waals surface area contributed by atoms with Gasteiger partial charge in [-0.3, -0.25) is 0 Å². The van der Waals surface area contributed by atoms with Gasteiger partial charge in [0, 0.05) is 21.3 Å². The third-order valence-electron chi connectivity index (χ3n) is 2.62. The van der Waals surface area contributed by atoms with Gasteiger partial charge in [0.05, 0.1) is 0 Å². The van der Waals surface area contributed by atoms with Gasteiger partial charge < -0.3 is 13.3 Å². The van der Waals surface area contributed by atoms with Gasteiger partial charge in [-0.25, -0.2) is 0 Å². The molecule has 0 spiro atoms. The first-order chi connectivity index (χ1) is 8.26. The Labute approximate surface area is 104 Å². The maximum Gasteiger partial charge on any atom is 0.528 e. The van der Waals surface area contributed by atoms with Gasteiger partial charge in [0.2, 0.25) is 0 Å². The summed E-state index contributed by atoms with van der Waals surface area (Å²) in [5.41, 5.74) is 3.26. The summed E-state index contributed by atoms with van der Waals surface area (Å²) >= 11 is 0. The minimum absolute atomic E-state index is 0.953. The fourth-order valence-corrected chi connectivity index (χ4v) is 2.94. The Bertz CT molecular complexity index is 326. The van der Waals surface area contributed by atoms with E-state index in [0.29, 0.717) is 0 Å². The zero-order valence-electron chi connectivity index (χ0n) is 10.7. The Hall–Kier alpha value is -0.943. The van der Waals surface area contributed by atoms with Crippen LogP contribution in [0, 0.1) is 0 Å². The van der Waals surface area contributed by atoms with Gasteiger partial charge in [-0.2, -0.15) is 0 Å². The van der Waals surface area contributed by atoms with Crippen LogP contribution >= 0.6 is 0 Å². The molecule has 0 radical (unpaired) electrons. The van der Waals surface area contributed by atoms with Crippen LogP contribution in [0.2, 0.25) is 0 Å². The first-order valence-corrected chi connectivity index (χ1v) is 7.43. The number of hydrogen-bond donors (Lipinski definition) is 0. The van der Waals surface area contributed by atoms with Crippen LogP contribution in [0.15, 0.2) is 42.1 Å². The van der Waals surface area contributed by atoms with Crippen molar-refractivity contribution in [2.24, 2.45) is 0 Å². The molecule has 1 aromatic rings. The Kier molecular flexibility index (Phi) is 6.14. The van der Waals surface area contributed by atoms with Crippen molar-refractivity contribution >= 4 is 8.80 Å². The molecule has 0 fully saturated rings. The van der Waals surface area contributed by atoms with Gasteiger partial charge in [-0.1, -0.05) is 36.4 Å². The van der Waals surface area contributed by atoms with E-state index >= 15 is 0 Å². The van der Waals surface area contributed by atoms with Gasteiger partial charge in [0.25, 0.3) is 0 Å². The third kappa shape index (κ3) is 4.44. The van der Waals surface area contributed by atoms with Crippen molar-refractivity contribution in [2.45, 2.75) is 12.8 Å². The second kappa shape index (κ2) is 7.40. The number of hydrogen-bond acceptors (Lipinski definition) is 3. The van der Waals surface area contributed by atoms with Crippen LogP contribution in [-0.4, -0.2) is 30.1 Å². The van der Waals surface area contributed by atoms with Crippen molar-refractivity contribution in [3.8, 4) is 0 Å². The highest BCUT2D eigenvalue weighted by Crippen LogP contribution is 2.09. The minimum Gasteiger partial charge on any atom is -0.374 e. The topological polar surface area (TPSA) is 27.7 Å². The molecule has 3 nitrogen and oxygen atoms in total. The SMILES string of the molecule is CO[Si](C=CCCc1ccccc1)(OC)OC. The summed E-state index contributed by atoms with van der Waals surface area (Å²) in [7, 11) is 2.30. The zero-order valence-corrected chi connectivity index (χ0v) is 11.7. The molecule has 94 valence electrons. The lowest BCUT2D eigenvalue weighted by molar-refractivity contribution is 0.138. The van der Waals surface area contributed by atoms with Crippen LogP contribution in [0.25, 0.3) is 0 Å². The minimum atomic E-state index is -2.54. The molecule has 0 aliphatic rings. The van der Waals surface area contributed by atoms with Crippen molar-refractivity contribution in [3.63, 3.8) is 0 Å². The van der Waals surface area contributed by atoms with Crippen molar-refractivity contribution in [1.82, 2.24) is 0 Å². The van der Waals surface area contributed by atoms with E-state index in [2.05, 4.69) is 30.3 Å². The number of allylic oxidation sites excluding steroid dienone is 1. The van der Waals surface area contributed by atoms with Crippen LogP contribution in [0.1, 0.15) is 12.0 Å². The molecule has 0 heterocycles.